The number of fused-ring (bicyclic) bond motifs is 2. The van der Waals surface area contributed by atoms with Crippen molar-refractivity contribution in [2.45, 2.75) is 58.0 Å². The Hall–Kier alpha value is -1.10. The van der Waals surface area contributed by atoms with Gasteiger partial charge < -0.3 is 15.7 Å². The van der Waals surface area contributed by atoms with E-state index in [1.54, 1.807) is 4.90 Å². The summed E-state index contributed by atoms with van der Waals surface area (Å²) in [4.78, 5) is 25.4. The van der Waals surface area contributed by atoms with Crippen molar-refractivity contribution in [3.63, 3.8) is 0 Å². The Balaban J connectivity index is 2.12. The number of hydrogen-bond donors (Lipinski definition) is 2. The summed E-state index contributed by atoms with van der Waals surface area (Å²) in [5.74, 6) is -0.0445. The van der Waals surface area contributed by atoms with E-state index in [0.717, 1.165) is 19.3 Å². The van der Waals surface area contributed by atoms with Gasteiger partial charge in [-0.1, -0.05) is 0 Å². The predicted octanol–water partition coefficient (Wildman–Crippen LogP) is 1.46. The summed E-state index contributed by atoms with van der Waals surface area (Å²) in [6.07, 6.45) is 3.28. The fraction of sp³-hybridized carbons (Fsp3) is 0.867. The third kappa shape index (κ3) is 2.82. The molecule has 2 rings (SSSR count). The highest BCUT2D eigenvalue weighted by atomic mass is 16.4. The van der Waals surface area contributed by atoms with E-state index in [1.807, 2.05) is 20.8 Å². The molecule has 20 heavy (non-hydrogen) atoms. The molecule has 0 radical (unpaired) electrons. The second-order valence-corrected chi connectivity index (χ2v) is 7.24. The highest BCUT2D eigenvalue weighted by Crippen LogP contribution is 2.48. The van der Waals surface area contributed by atoms with Crippen molar-refractivity contribution in [1.82, 2.24) is 4.90 Å². The average Bonchev–Trinajstić information content (AvgIpc) is 2.86. The van der Waals surface area contributed by atoms with Crippen LogP contribution in [0.4, 0.5) is 0 Å². The van der Waals surface area contributed by atoms with Gasteiger partial charge in [0.2, 0.25) is 5.91 Å². The summed E-state index contributed by atoms with van der Waals surface area (Å²) in [6.45, 7) is 6.11. The number of rotatable bonds is 4. The van der Waals surface area contributed by atoms with Crippen LogP contribution < -0.4 is 5.73 Å². The first-order valence-corrected chi connectivity index (χ1v) is 7.50. The minimum atomic E-state index is -0.871. The van der Waals surface area contributed by atoms with E-state index in [2.05, 4.69) is 0 Å². The van der Waals surface area contributed by atoms with E-state index in [1.165, 1.54) is 0 Å². The normalized spacial score (nSPS) is 32.4. The first-order chi connectivity index (χ1) is 9.21. The maximum absolute atomic E-state index is 12.9. The Morgan fingerprint density at radius 3 is 2.30 bits per heavy atom. The molecule has 4 atom stereocenters. The molecule has 2 bridgehead atoms. The van der Waals surface area contributed by atoms with E-state index in [0.29, 0.717) is 11.8 Å². The van der Waals surface area contributed by atoms with Crippen LogP contribution in [0.2, 0.25) is 0 Å². The van der Waals surface area contributed by atoms with E-state index < -0.39 is 5.97 Å². The van der Waals surface area contributed by atoms with Gasteiger partial charge in [-0.05, 0) is 51.9 Å². The molecule has 2 aliphatic carbocycles. The maximum Gasteiger partial charge on any atom is 0.305 e. The predicted molar refractivity (Wildman–Crippen MR) is 76.0 cm³/mol. The van der Waals surface area contributed by atoms with E-state index >= 15 is 0 Å². The summed E-state index contributed by atoms with van der Waals surface area (Å²) < 4.78 is 0. The van der Waals surface area contributed by atoms with Crippen molar-refractivity contribution < 1.29 is 14.7 Å². The van der Waals surface area contributed by atoms with Crippen molar-refractivity contribution in [3.05, 3.63) is 0 Å². The first-order valence-electron chi connectivity index (χ1n) is 7.50. The first kappa shape index (κ1) is 15.3. The standard InChI is InChI=1S/C15H26N2O3/c1-15(2,3)17(7-6-11(18)19)14(20)12-9-4-5-10(8-9)13(12)16/h9-10,12-13H,4-8,16H2,1-3H3,(H,18,19). The van der Waals surface area contributed by atoms with E-state index in [9.17, 15) is 9.59 Å². The molecule has 0 saturated heterocycles. The molecule has 1 amide bonds. The summed E-state index contributed by atoms with van der Waals surface area (Å²) in [6, 6.07) is -0.0454. The maximum atomic E-state index is 12.9. The quantitative estimate of drug-likeness (QED) is 0.817. The number of nitrogens with zero attached hydrogens (tertiary/aromatic N) is 1. The second-order valence-electron chi connectivity index (χ2n) is 7.24. The van der Waals surface area contributed by atoms with Crippen LogP contribution >= 0.6 is 0 Å². The molecule has 0 aromatic carbocycles. The molecule has 0 spiro atoms. The van der Waals surface area contributed by atoms with Crippen LogP contribution in [0.5, 0.6) is 0 Å². The van der Waals surface area contributed by atoms with Crippen molar-refractivity contribution in [2.75, 3.05) is 6.54 Å². The van der Waals surface area contributed by atoms with Crippen LogP contribution in [0.15, 0.2) is 0 Å². The minimum Gasteiger partial charge on any atom is -0.481 e. The molecule has 114 valence electrons. The molecule has 0 aromatic rings. The number of hydrogen-bond acceptors (Lipinski definition) is 3. The lowest BCUT2D eigenvalue weighted by atomic mass is 9.83. The fourth-order valence-corrected chi connectivity index (χ4v) is 3.87. The number of amides is 1. The Morgan fingerprint density at radius 2 is 1.85 bits per heavy atom. The van der Waals surface area contributed by atoms with E-state index in [-0.39, 0.29) is 36.4 Å². The molecule has 2 aliphatic rings. The summed E-state index contributed by atoms with van der Waals surface area (Å²) in [5.41, 5.74) is 5.87. The van der Waals surface area contributed by atoms with E-state index in [4.69, 9.17) is 10.8 Å². The SMILES string of the molecule is CC(C)(C)N(CCC(=O)O)C(=O)C1C2CCC(C2)C1N. The zero-order valence-electron chi connectivity index (χ0n) is 12.6. The van der Waals surface area contributed by atoms with Gasteiger partial charge >= 0.3 is 5.97 Å². The van der Waals surface area contributed by atoms with Crippen molar-refractivity contribution in [3.8, 4) is 0 Å². The third-order valence-corrected chi connectivity index (χ3v) is 4.89. The Morgan fingerprint density at radius 1 is 1.25 bits per heavy atom. The van der Waals surface area contributed by atoms with Gasteiger partial charge in [-0.3, -0.25) is 9.59 Å². The number of carbonyl (C=O) groups excluding carboxylic acids is 1. The van der Waals surface area contributed by atoms with Gasteiger partial charge in [0.15, 0.2) is 0 Å². The molecule has 0 aromatic heterocycles. The van der Waals surface area contributed by atoms with Gasteiger partial charge in [0, 0.05) is 18.1 Å². The van der Waals surface area contributed by atoms with Gasteiger partial charge in [-0.25, -0.2) is 0 Å². The molecule has 2 fully saturated rings. The fourth-order valence-electron chi connectivity index (χ4n) is 3.87. The summed E-state index contributed by atoms with van der Waals surface area (Å²) >= 11 is 0. The van der Waals surface area contributed by atoms with Gasteiger partial charge in [0.1, 0.15) is 0 Å². The van der Waals surface area contributed by atoms with Gasteiger partial charge in [0.05, 0.1) is 12.3 Å². The number of carboxylic acid groups (broad SMARTS) is 1. The van der Waals surface area contributed by atoms with Crippen molar-refractivity contribution in [2.24, 2.45) is 23.5 Å². The van der Waals surface area contributed by atoms with Gasteiger partial charge in [-0.15, -0.1) is 0 Å². The lowest BCUT2D eigenvalue weighted by Crippen LogP contribution is -2.53. The van der Waals surface area contributed by atoms with Crippen LogP contribution in [0.3, 0.4) is 0 Å². The number of aliphatic carboxylic acids is 1. The zero-order valence-corrected chi connectivity index (χ0v) is 12.6. The monoisotopic (exact) mass is 282 g/mol. The molecule has 0 aliphatic heterocycles. The molecule has 5 nitrogen and oxygen atoms in total. The molecule has 0 heterocycles. The van der Waals surface area contributed by atoms with Crippen LogP contribution in [0.25, 0.3) is 0 Å². The van der Waals surface area contributed by atoms with Gasteiger partial charge in [-0.2, -0.15) is 0 Å². The molecule has 4 unspecified atom stereocenters. The number of nitrogens with two attached hydrogens (primary N) is 1. The zero-order chi connectivity index (χ0) is 15.1. The second kappa shape index (κ2) is 5.35. The molecule has 2 saturated carbocycles. The molecule has 3 N–H and O–H groups in total. The smallest absolute Gasteiger partial charge is 0.305 e. The lowest BCUT2D eigenvalue weighted by Gasteiger charge is -2.40. The lowest BCUT2D eigenvalue weighted by molar-refractivity contribution is -0.144. The van der Waals surface area contributed by atoms with Crippen LogP contribution in [-0.4, -0.2) is 40.0 Å². The summed E-state index contributed by atoms with van der Waals surface area (Å²) in [5, 5.41) is 8.87. The molecular formula is C15H26N2O3. The largest absolute Gasteiger partial charge is 0.481 e. The Labute approximate surface area is 120 Å². The van der Waals surface area contributed by atoms with Crippen LogP contribution in [0, 0.1) is 17.8 Å². The highest BCUT2D eigenvalue weighted by Gasteiger charge is 2.51. The van der Waals surface area contributed by atoms with Crippen LogP contribution in [-0.2, 0) is 9.59 Å². The van der Waals surface area contributed by atoms with Gasteiger partial charge in [0.25, 0.3) is 0 Å². The van der Waals surface area contributed by atoms with Crippen molar-refractivity contribution >= 4 is 11.9 Å². The topological polar surface area (TPSA) is 83.6 Å². The van der Waals surface area contributed by atoms with Crippen LogP contribution in [0.1, 0.15) is 46.5 Å². The Kier molecular flexibility index (Phi) is 4.09. The van der Waals surface area contributed by atoms with Crippen molar-refractivity contribution in [1.29, 1.82) is 0 Å². The number of carbonyl (C=O) groups is 2. The average molecular weight is 282 g/mol. The Bertz CT molecular complexity index is 400. The molecular weight excluding hydrogens is 256 g/mol. The number of carboxylic acids is 1. The highest BCUT2D eigenvalue weighted by molar-refractivity contribution is 5.82. The third-order valence-electron chi connectivity index (χ3n) is 4.89. The summed E-state index contributed by atoms with van der Waals surface area (Å²) in [7, 11) is 0. The molecule has 5 heteroatoms. The minimum absolute atomic E-state index is 0.0148.